The summed E-state index contributed by atoms with van der Waals surface area (Å²) >= 11 is 0. The van der Waals surface area contributed by atoms with Gasteiger partial charge in [0.25, 0.3) is 0 Å². The van der Waals surface area contributed by atoms with E-state index >= 15 is 0 Å². The zero-order valence-electron chi connectivity index (χ0n) is 14.8. The van der Waals surface area contributed by atoms with Crippen LogP contribution in [0, 0.1) is 6.92 Å². The van der Waals surface area contributed by atoms with Crippen molar-refractivity contribution in [1.29, 1.82) is 0 Å². The van der Waals surface area contributed by atoms with Crippen LogP contribution in [0.4, 0.5) is 0 Å². The third-order valence-corrected chi connectivity index (χ3v) is 5.23. The Morgan fingerprint density at radius 3 is 2.56 bits per heavy atom. The highest BCUT2D eigenvalue weighted by Gasteiger charge is 2.43. The Bertz CT molecular complexity index is 719. The highest BCUT2D eigenvalue weighted by molar-refractivity contribution is 5.81. The van der Waals surface area contributed by atoms with Crippen LogP contribution in [0.25, 0.3) is 0 Å². The first-order valence-corrected chi connectivity index (χ1v) is 8.58. The van der Waals surface area contributed by atoms with Gasteiger partial charge in [-0.2, -0.15) is 5.10 Å². The van der Waals surface area contributed by atoms with Gasteiger partial charge in [-0.3, -0.25) is 9.69 Å². The second-order valence-corrected chi connectivity index (χ2v) is 6.72. The first kappa shape index (κ1) is 17.6. The molecular formula is C19H25N3O3. The van der Waals surface area contributed by atoms with Gasteiger partial charge in [0.05, 0.1) is 17.3 Å². The number of aryl methyl sites for hydroxylation is 1. The second kappa shape index (κ2) is 7.37. The van der Waals surface area contributed by atoms with Gasteiger partial charge >= 0.3 is 5.97 Å². The number of aliphatic carboxylic acids is 1. The predicted octanol–water partition coefficient (Wildman–Crippen LogP) is 2.41. The van der Waals surface area contributed by atoms with Crippen molar-refractivity contribution in [3.05, 3.63) is 53.3 Å². The van der Waals surface area contributed by atoms with Crippen LogP contribution in [0.3, 0.4) is 0 Å². The molecule has 2 aromatic rings. The summed E-state index contributed by atoms with van der Waals surface area (Å²) in [4.78, 5) is 14.4. The quantitative estimate of drug-likeness (QED) is 0.872. The number of benzene rings is 1. The Balaban J connectivity index is 1.73. The summed E-state index contributed by atoms with van der Waals surface area (Å²) in [7, 11) is 1.66. The van der Waals surface area contributed by atoms with E-state index in [0.717, 1.165) is 36.5 Å². The van der Waals surface area contributed by atoms with E-state index in [1.54, 1.807) is 7.11 Å². The van der Waals surface area contributed by atoms with Gasteiger partial charge < -0.3 is 9.84 Å². The maximum Gasteiger partial charge on any atom is 0.314 e. The lowest BCUT2D eigenvalue weighted by molar-refractivity contribution is -0.146. The zero-order chi connectivity index (χ0) is 17.9. The lowest BCUT2D eigenvalue weighted by Gasteiger charge is -2.39. The number of carboxylic acids is 1. The largest absolute Gasteiger partial charge is 0.481 e. The van der Waals surface area contributed by atoms with Crippen molar-refractivity contribution < 1.29 is 14.6 Å². The van der Waals surface area contributed by atoms with E-state index in [0.29, 0.717) is 19.6 Å². The molecule has 3 rings (SSSR count). The normalized spacial score (nSPS) is 17.5. The molecule has 1 fully saturated rings. The summed E-state index contributed by atoms with van der Waals surface area (Å²) in [6.45, 7) is 4.74. The standard InChI is InChI=1S/C19H25N3O3/c1-15-12-20-22(14-25-2)17(15)13-21-10-8-19(9-11-21,18(23)24)16-6-4-3-5-7-16/h3-7,12H,8-11,13-14H2,1-2H3,(H,23,24). The van der Waals surface area contributed by atoms with Crippen LogP contribution < -0.4 is 0 Å². The molecule has 0 radical (unpaired) electrons. The summed E-state index contributed by atoms with van der Waals surface area (Å²) in [5, 5.41) is 14.2. The highest BCUT2D eigenvalue weighted by atomic mass is 16.5. The maximum absolute atomic E-state index is 12.0. The van der Waals surface area contributed by atoms with E-state index in [9.17, 15) is 9.90 Å². The number of rotatable bonds is 6. The van der Waals surface area contributed by atoms with Crippen LogP contribution in [0.2, 0.25) is 0 Å². The van der Waals surface area contributed by atoms with E-state index in [4.69, 9.17) is 4.74 Å². The van der Waals surface area contributed by atoms with Gasteiger partial charge in [0.2, 0.25) is 0 Å². The van der Waals surface area contributed by atoms with Crippen molar-refractivity contribution >= 4 is 5.97 Å². The maximum atomic E-state index is 12.0. The number of hydrogen-bond acceptors (Lipinski definition) is 4. The van der Waals surface area contributed by atoms with Gasteiger partial charge in [0.15, 0.2) is 0 Å². The molecule has 2 heterocycles. The van der Waals surface area contributed by atoms with Gasteiger partial charge in [-0.25, -0.2) is 4.68 Å². The van der Waals surface area contributed by atoms with Crippen LogP contribution in [0.1, 0.15) is 29.7 Å². The Labute approximate surface area is 148 Å². The average molecular weight is 343 g/mol. The number of methoxy groups -OCH3 is 1. The van der Waals surface area contributed by atoms with Crippen molar-refractivity contribution in [1.82, 2.24) is 14.7 Å². The van der Waals surface area contributed by atoms with Gasteiger partial charge in [0.1, 0.15) is 6.73 Å². The highest BCUT2D eigenvalue weighted by Crippen LogP contribution is 2.36. The summed E-state index contributed by atoms with van der Waals surface area (Å²) in [6, 6.07) is 9.62. The summed E-state index contributed by atoms with van der Waals surface area (Å²) < 4.78 is 7.06. The SMILES string of the molecule is COCn1ncc(C)c1CN1CCC(C(=O)O)(c2ccccc2)CC1. The lowest BCUT2D eigenvalue weighted by Crippen LogP contribution is -2.47. The summed E-state index contributed by atoms with van der Waals surface area (Å²) in [6.07, 6.45) is 3.08. The van der Waals surface area contributed by atoms with Crippen molar-refractivity contribution in [3.8, 4) is 0 Å². The molecule has 6 heteroatoms. The van der Waals surface area contributed by atoms with Gasteiger partial charge in [-0.1, -0.05) is 30.3 Å². The first-order chi connectivity index (χ1) is 12.1. The van der Waals surface area contributed by atoms with Gasteiger partial charge in [0, 0.05) is 13.7 Å². The van der Waals surface area contributed by atoms with E-state index in [-0.39, 0.29) is 0 Å². The molecular weight excluding hydrogens is 318 g/mol. The smallest absolute Gasteiger partial charge is 0.314 e. The van der Waals surface area contributed by atoms with E-state index in [1.807, 2.05) is 48.1 Å². The molecule has 0 saturated carbocycles. The molecule has 0 bridgehead atoms. The third-order valence-electron chi connectivity index (χ3n) is 5.23. The molecule has 1 N–H and O–H groups in total. The minimum absolute atomic E-state index is 0.431. The minimum Gasteiger partial charge on any atom is -0.481 e. The van der Waals surface area contributed by atoms with Crippen LogP contribution in [-0.2, 0) is 28.2 Å². The van der Waals surface area contributed by atoms with Gasteiger partial charge in [-0.05, 0) is 44.0 Å². The van der Waals surface area contributed by atoms with Crippen molar-refractivity contribution in [2.24, 2.45) is 0 Å². The van der Waals surface area contributed by atoms with Crippen molar-refractivity contribution in [2.45, 2.75) is 38.5 Å². The molecule has 0 spiro atoms. The number of nitrogens with zero attached hydrogens (tertiary/aromatic N) is 3. The molecule has 6 nitrogen and oxygen atoms in total. The fraction of sp³-hybridized carbons (Fsp3) is 0.474. The molecule has 25 heavy (non-hydrogen) atoms. The molecule has 1 saturated heterocycles. The Morgan fingerprint density at radius 1 is 1.28 bits per heavy atom. The first-order valence-electron chi connectivity index (χ1n) is 8.58. The Morgan fingerprint density at radius 2 is 1.96 bits per heavy atom. The fourth-order valence-electron chi connectivity index (χ4n) is 3.63. The monoisotopic (exact) mass is 343 g/mol. The van der Waals surface area contributed by atoms with Crippen LogP contribution >= 0.6 is 0 Å². The Kier molecular flexibility index (Phi) is 5.20. The van der Waals surface area contributed by atoms with Crippen LogP contribution in [0.15, 0.2) is 36.5 Å². The predicted molar refractivity (Wildman–Crippen MR) is 94.2 cm³/mol. The van der Waals surface area contributed by atoms with E-state index < -0.39 is 11.4 Å². The molecule has 1 aromatic carbocycles. The second-order valence-electron chi connectivity index (χ2n) is 6.72. The van der Waals surface area contributed by atoms with Gasteiger partial charge in [-0.15, -0.1) is 0 Å². The number of hydrogen-bond donors (Lipinski definition) is 1. The van der Waals surface area contributed by atoms with Crippen molar-refractivity contribution in [2.75, 3.05) is 20.2 Å². The molecule has 0 unspecified atom stereocenters. The zero-order valence-corrected chi connectivity index (χ0v) is 14.8. The third kappa shape index (κ3) is 3.45. The number of ether oxygens (including phenoxy) is 1. The van der Waals surface area contributed by atoms with E-state index in [2.05, 4.69) is 10.00 Å². The molecule has 134 valence electrons. The summed E-state index contributed by atoms with van der Waals surface area (Å²) in [5.41, 5.74) is 2.39. The fourth-order valence-corrected chi connectivity index (χ4v) is 3.63. The lowest BCUT2D eigenvalue weighted by atomic mass is 9.73. The minimum atomic E-state index is -0.778. The topological polar surface area (TPSA) is 67.6 Å². The van der Waals surface area contributed by atoms with E-state index in [1.165, 1.54) is 0 Å². The number of likely N-dealkylation sites (tertiary alicyclic amines) is 1. The number of carbonyl (C=O) groups is 1. The molecule has 1 aliphatic heterocycles. The molecule has 0 aliphatic carbocycles. The molecule has 0 amide bonds. The van der Waals surface area contributed by atoms with Crippen molar-refractivity contribution in [3.63, 3.8) is 0 Å². The molecule has 1 aliphatic rings. The number of piperidine rings is 1. The molecule has 1 aromatic heterocycles. The van der Waals surface area contributed by atoms with Crippen LogP contribution in [-0.4, -0.2) is 46.0 Å². The number of carboxylic acid groups (broad SMARTS) is 1. The average Bonchev–Trinajstić information content (AvgIpc) is 2.97. The molecule has 0 atom stereocenters. The summed E-state index contributed by atoms with van der Waals surface area (Å²) in [5.74, 6) is -0.723. The Hall–Kier alpha value is -2.18. The number of aromatic nitrogens is 2. The van der Waals surface area contributed by atoms with Crippen LogP contribution in [0.5, 0.6) is 0 Å².